The first kappa shape index (κ1) is 20.7. The van der Waals surface area contributed by atoms with Crippen LogP contribution in [-0.4, -0.2) is 19.2 Å². The first-order chi connectivity index (χ1) is 15.5. The number of hydrogen-bond acceptors (Lipinski definition) is 4. The molecule has 2 aromatic heterocycles. The maximum atomic E-state index is 14.3. The molecule has 5 aromatic rings. The van der Waals surface area contributed by atoms with Crippen LogP contribution in [0, 0.1) is 19.7 Å². The third-order valence-electron chi connectivity index (χ3n) is 5.47. The predicted octanol–water partition coefficient (Wildman–Crippen LogP) is 5.74. The third kappa shape index (κ3) is 3.29. The molecule has 2 heterocycles. The average Bonchev–Trinajstić information content (AvgIpc) is 3.19. The average molecular weight is 465 g/mol. The molecule has 0 spiro atoms. The lowest BCUT2D eigenvalue weighted by Gasteiger charge is -2.15. The second-order valence-corrected chi connectivity index (χ2v) is 8.85. The summed E-state index contributed by atoms with van der Waals surface area (Å²) >= 11 is 7.52. The van der Waals surface area contributed by atoms with Gasteiger partial charge in [-0.2, -0.15) is 0 Å². The lowest BCUT2D eigenvalue weighted by Crippen LogP contribution is -2.23. The van der Waals surface area contributed by atoms with E-state index < -0.39 is 0 Å². The highest BCUT2D eigenvalue weighted by Gasteiger charge is 2.20. The molecule has 0 saturated heterocycles. The van der Waals surface area contributed by atoms with Crippen molar-refractivity contribution in [2.75, 3.05) is 0 Å². The van der Waals surface area contributed by atoms with Crippen molar-refractivity contribution in [3.8, 4) is 5.69 Å². The fourth-order valence-electron chi connectivity index (χ4n) is 3.94. The molecule has 0 radical (unpaired) electrons. The van der Waals surface area contributed by atoms with Crippen LogP contribution < -0.4 is 5.56 Å². The normalized spacial score (nSPS) is 11.5. The summed E-state index contributed by atoms with van der Waals surface area (Å²) in [6, 6.07) is 17.9. The molecular formula is C24H18ClFN4OS. The number of para-hydroxylation sites is 2. The molecule has 0 aliphatic heterocycles. The largest absolute Gasteiger partial charge is 0.268 e. The van der Waals surface area contributed by atoms with Crippen molar-refractivity contribution in [2.45, 2.75) is 24.8 Å². The van der Waals surface area contributed by atoms with Crippen LogP contribution in [0.5, 0.6) is 0 Å². The quantitative estimate of drug-likeness (QED) is 0.318. The van der Waals surface area contributed by atoms with Crippen molar-refractivity contribution < 1.29 is 4.39 Å². The smallest absolute Gasteiger partial charge is 0.267 e. The van der Waals surface area contributed by atoms with E-state index in [4.69, 9.17) is 11.6 Å². The van der Waals surface area contributed by atoms with Gasteiger partial charge in [0.05, 0.1) is 16.6 Å². The Bertz CT molecular complexity index is 1520. The fourth-order valence-corrected chi connectivity index (χ4v) is 5.22. The number of thioether (sulfide) groups is 1. The number of hydrogen-bond donors (Lipinski definition) is 0. The van der Waals surface area contributed by atoms with Gasteiger partial charge in [-0.05, 0) is 49.2 Å². The summed E-state index contributed by atoms with van der Waals surface area (Å²) in [5, 5.41) is 10.2. The summed E-state index contributed by atoms with van der Waals surface area (Å²) in [5.74, 6) is 0.327. The second kappa shape index (κ2) is 8.07. The summed E-state index contributed by atoms with van der Waals surface area (Å²) in [5.41, 5.74) is 3.64. The molecule has 0 aliphatic carbocycles. The highest BCUT2D eigenvalue weighted by atomic mass is 35.5. The second-order valence-electron chi connectivity index (χ2n) is 7.50. The van der Waals surface area contributed by atoms with Crippen molar-refractivity contribution in [1.82, 2.24) is 19.2 Å². The first-order valence-electron chi connectivity index (χ1n) is 9.98. The zero-order valence-electron chi connectivity index (χ0n) is 17.3. The molecule has 160 valence electrons. The van der Waals surface area contributed by atoms with E-state index in [0.717, 1.165) is 16.8 Å². The van der Waals surface area contributed by atoms with E-state index in [-0.39, 0.29) is 17.1 Å². The molecule has 32 heavy (non-hydrogen) atoms. The van der Waals surface area contributed by atoms with Crippen molar-refractivity contribution in [2.24, 2.45) is 0 Å². The van der Waals surface area contributed by atoms with Gasteiger partial charge in [-0.25, -0.2) is 8.96 Å². The third-order valence-corrected chi connectivity index (χ3v) is 6.77. The van der Waals surface area contributed by atoms with Crippen LogP contribution in [0.1, 0.15) is 16.7 Å². The lowest BCUT2D eigenvalue weighted by atomic mass is 10.1. The number of rotatable bonds is 4. The number of halogens is 2. The van der Waals surface area contributed by atoms with Crippen LogP contribution in [-0.2, 0) is 5.75 Å². The SMILES string of the molecule is Cc1cccc(C)c1-n1c(=O)c2ccccc2n2c(SCc3c(F)cccc3Cl)nnc12. The first-order valence-corrected chi connectivity index (χ1v) is 11.3. The molecule has 0 unspecified atom stereocenters. The summed E-state index contributed by atoms with van der Waals surface area (Å²) in [6.07, 6.45) is 0. The molecule has 5 nitrogen and oxygen atoms in total. The Morgan fingerprint density at radius 2 is 1.69 bits per heavy atom. The zero-order valence-corrected chi connectivity index (χ0v) is 18.9. The van der Waals surface area contributed by atoms with Gasteiger partial charge in [0.1, 0.15) is 5.82 Å². The maximum absolute atomic E-state index is 14.3. The fraction of sp³-hybridized carbons (Fsp3) is 0.125. The molecule has 0 amide bonds. The van der Waals surface area contributed by atoms with Gasteiger partial charge in [0.15, 0.2) is 5.16 Å². The Morgan fingerprint density at radius 1 is 0.969 bits per heavy atom. The monoisotopic (exact) mass is 464 g/mol. The van der Waals surface area contributed by atoms with Crippen LogP contribution in [0.2, 0.25) is 5.02 Å². The van der Waals surface area contributed by atoms with Crippen molar-refractivity contribution in [3.05, 3.63) is 98.5 Å². The number of benzene rings is 3. The number of aromatic nitrogens is 4. The van der Waals surface area contributed by atoms with E-state index >= 15 is 0 Å². The van der Waals surface area contributed by atoms with Gasteiger partial charge in [-0.3, -0.25) is 9.20 Å². The van der Waals surface area contributed by atoms with Gasteiger partial charge in [0.25, 0.3) is 5.56 Å². The molecule has 0 aliphatic rings. The minimum absolute atomic E-state index is 0.161. The van der Waals surface area contributed by atoms with E-state index in [1.807, 2.05) is 54.6 Å². The summed E-state index contributed by atoms with van der Waals surface area (Å²) in [4.78, 5) is 13.5. The highest BCUT2D eigenvalue weighted by Crippen LogP contribution is 2.30. The van der Waals surface area contributed by atoms with Gasteiger partial charge in [0, 0.05) is 16.3 Å². The minimum Gasteiger partial charge on any atom is -0.268 e. The van der Waals surface area contributed by atoms with Crippen molar-refractivity contribution >= 4 is 40.0 Å². The van der Waals surface area contributed by atoms with Gasteiger partial charge in [-0.15, -0.1) is 10.2 Å². The van der Waals surface area contributed by atoms with Crippen LogP contribution in [0.15, 0.2) is 70.6 Å². The number of fused-ring (bicyclic) bond motifs is 3. The van der Waals surface area contributed by atoms with E-state index in [9.17, 15) is 9.18 Å². The van der Waals surface area contributed by atoms with E-state index in [0.29, 0.717) is 32.4 Å². The molecule has 0 atom stereocenters. The number of nitrogens with zero attached hydrogens (tertiary/aromatic N) is 4. The van der Waals surface area contributed by atoms with E-state index in [2.05, 4.69) is 10.2 Å². The van der Waals surface area contributed by atoms with Crippen molar-refractivity contribution in [1.29, 1.82) is 0 Å². The van der Waals surface area contributed by atoms with Gasteiger partial charge >= 0.3 is 0 Å². The lowest BCUT2D eigenvalue weighted by molar-refractivity contribution is 0.617. The molecule has 0 N–H and O–H groups in total. The standard InChI is InChI=1S/C24H18ClFN4OS/c1-14-7-5-8-15(2)21(14)30-22(31)16-9-3-4-12-20(16)29-23(30)27-28-24(29)32-13-17-18(25)10-6-11-19(17)26/h3-12H,13H2,1-2H3. The summed E-state index contributed by atoms with van der Waals surface area (Å²) in [6.45, 7) is 3.93. The Hall–Kier alpha value is -3.16. The van der Waals surface area contributed by atoms with Gasteiger partial charge in [-0.1, -0.05) is 59.8 Å². The van der Waals surface area contributed by atoms with E-state index in [1.165, 1.54) is 17.8 Å². The minimum atomic E-state index is -0.365. The van der Waals surface area contributed by atoms with Crippen LogP contribution >= 0.6 is 23.4 Å². The Morgan fingerprint density at radius 3 is 2.44 bits per heavy atom. The molecule has 0 bridgehead atoms. The molecule has 3 aromatic carbocycles. The van der Waals surface area contributed by atoms with Crippen LogP contribution in [0.4, 0.5) is 4.39 Å². The predicted molar refractivity (Wildman–Crippen MR) is 127 cm³/mol. The molecule has 8 heteroatoms. The van der Waals surface area contributed by atoms with Gasteiger partial charge in [0.2, 0.25) is 5.78 Å². The van der Waals surface area contributed by atoms with E-state index in [1.54, 1.807) is 22.8 Å². The molecule has 5 rings (SSSR count). The van der Waals surface area contributed by atoms with Gasteiger partial charge < -0.3 is 0 Å². The molecule has 0 saturated carbocycles. The van der Waals surface area contributed by atoms with Crippen molar-refractivity contribution in [3.63, 3.8) is 0 Å². The highest BCUT2D eigenvalue weighted by molar-refractivity contribution is 7.98. The van der Waals surface area contributed by atoms with Crippen LogP contribution in [0.3, 0.4) is 0 Å². The Labute approximate surface area is 192 Å². The molecule has 0 fully saturated rings. The summed E-state index contributed by atoms with van der Waals surface area (Å²) < 4.78 is 17.7. The maximum Gasteiger partial charge on any atom is 0.267 e. The number of aryl methyl sites for hydroxylation is 2. The Kier molecular flexibility index (Phi) is 5.23. The Balaban J connectivity index is 1.76. The zero-order chi connectivity index (χ0) is 22.4. The van der Waals surface area contributed by atoms with Crippen LogP contribution in [0.25, 0.3) is 22.4 Å². The molecular weight excluding hydrogens is 447 g/mol. The summed E-state index contributed by atoms with van der Waals surface area (Å²) in [7, 11) is 0. The topological polar surface area (TPSA) is 52.2 Å².